The molecule has 0 saturated carbocycles. The van der Waals surface area contributed by atoms with Crippen molar-refractivity contribution >= 4 is 33.2 Å². The van der Waals surface area contributed by atoms with Crippen molar-refractivity contribution in [3.05, 3.63) is 53.1 Å². The molecule has 0 bridgehead atoms. The number of carbonyl (C=O) groups excluding carboxylic acids is 1. The number of carbonyl (C=O) groups is 1. The van der Waals surface area contributed by atoms with Crippen molar-refractivity contribution in [2.24, 2.45) is 0 Å². The third kappa shape index (κ3) is 5.98. The Balaban J connectivity index is 1.56. The summed E-state index contributed by atoms with van der Waals surface area (Å²) in [7, 11) is -2.03. The summed E-state index contributed by atoms with van der Waals surface area (Å²) in [6.07, 6.45) is 1.25. The standard InChI is InChI=1S/C22H28ClN3O4S/c1-15-4-9-21(30-3)20(14-15)24-22(27)16(2)26-12-10-18(11-13-26)25-31(28,29)19-7-5-17(23)6-8-19/h4-9,14,16,18,25H,10-13H2,1-3H3,(H,24,27). The van der Waals surface area contributed by atoms with E-state index in [1.807, 2.05) is 32.0 Å². The van der Waals surface area contributed by atoms with E-state index in [1.165, 1.54) is 12.1 Å². The van der Waals surface area contributed by atoms with Gasteiger partial charge in [0, 0.05) is 24.2 Å². The molecular formula is C22H28ClN3O4S. The van der Waals surface area contributed by atoms with Crippen LogP contribution in [-0.4, -0.2) is 51.5 Å². The van der Waals surface area contributed by atoms with Crippen LogP contribution in [-0.2, 0) is 14.8 Å². The highest BCUT2D eigenvalue weighted by molar-refractivity contribution is 7.89. The third-order valence-electron chi connectivity index (χ3n) is 5.52. The summed E-state index contributed by atoms with van der Waals surface area (Å²) in [5.74, 6) is 0.491. The molecule has 0 aliphatic carbocycles. The van der Waals surface area contributed by atoms with Gasteiger partial charge in [0.15, 0.2) is 0 Å². The Hall–Kier alpha value is -2.13. The Kier molecular flexibility index (Phi) is 7.59. The van der Waals surface area contributed by atoms with Gasteiger partial charge in [-0.2, -0.15) is 0 Å². The average Bonchev–Trinajstić information content (AvgIpc) is 2.74. The summed E-state index contributed by atoms with van der Waals surface area (Å²) >= 11 is 5.84. The number of aryl methyl sites for hydroxylation is 1. The molecule has 1 aliphatic heterocycles. The summed E-state index contributed by atoms with van der Waals surface area (Å²) in [4.78, 5) is 15.0. The van der Waals surface area contributed by atoms with Gasteiger partial charge < -0.3 is 10.1 Å². The first-order valence-electron chi connectivity index (χ1n) is 10.2. The van der Waals surface area contributed by atoms with Gasteiger partial charge in [-0.1, -0.05) is 17.7 Å². The van der Waals surface area contributed by atoms with E-state index in [0.29, 0.717) is 42.4 Å². The fraction of sp³-hybridized carbons (Fsp3) is 0.409. The molecule has 1 unspecified atom stereocenters. The molecule has 1 heterocycles. The van der Waals surface area contributed by atoms with Gasteiger partial charge in [0.05, 0.1) is 23.7 Å². The zero-order valence-electron chi connectivity index (χ0n) is 17.9. The average molecular weight is 466 g/mol. The Labute approximate surface area is 188 Å². The van der Waals surface area contributed by atoms with Crippen LogP contribution < -0.4 is 14.8 Å². The highest BCUT2D eigenvalue weighted by atomic mass is 35.5. The van der Waals surface area contributed by atoms with E-state index in [9.17, 15) is 13.2 Å². The molecule has 2 aromatic rings. The lowest BCUT2D eigenvalue weighted by atomic mass is 10.0. The lowest BCUT2D eigenvalue weighted by Gasteiger charge is -2.35. The van der Waals surface area contributed by atoms with Crippen molar-refractivity contribution in [2.45, 2.75) is 43.7 Å². The minimum atomic E-state index is -3.60. The van der Waals surface area contributed by atoms with Crippen molar-refractivity contribution in [1.82, 2.24) is 9.62 Å². The van der Waals surface area contributed by atoms with E-state index >= 15 is 0 Å². The molecule has 2 aromatic carbocycles. The minimum Gasteiger partial charge on any atom is -0.495 e. The zero-order chi connectivity index (χ0) is 22.6. The minimum absolute atomic E-state index is 0.121. The number of halogens is 1. The molecule has 1 amide bonds. The van der Waals surface area contributed by atoms with Crippen LogP contribution in [0, 0.1) is 6.92 Å². The number of ether oxygens (including phenoxy) is 1. The van der Waals surface area contributed by atoms with E-state index in [2.05, 4.69) is 14.9 Å². The third-order valence-corrected chi connectivity index (χ3v) is 7.30. The first kappa shape index (κ1) is 23.5. The smallest absolute Gasteiger partial charge is 0.241 e. The maximum absolute atomic E-state index is 12.8. The fourth-order valence-electron chi connectivity index (χ4n) is 3.63. The number of likely N-dealkylation sites (tertiary alicyclic amines) is 1. The van der Waals surface area contributed by atoms with Crippen LogP contribution in [0.25, 0.3) is 0 Å². The number of benzene rings is 2. The zero-order valence-corrected chi connectivity index (χ0v) is 19.5. The molecule has 0 spiro atoms. The molecule has 0 aromatic heterocycles. The van der Waals surface area contributed by atoms with Gasteiger partial charge in [0.25, 0.3) is 0 Å². The monoisotopic (exact) mass is 465 g/mol. The molecule has 0 radical (unpaired) electrons. The van der Waals surface area contributed by atoms with E-state index in [-0.39, 0.29) is 22.9 Å². The number of hydrogen-bond donors (Lipinski definition) is 2. The van der Waals surface area contributed by atoms with Crippen molar-refractivity contribution in [3.8, 4) is 5.75 Å². The number of nitrogens with zero attached hydrogens (tertiary/aromatic N) is 1. The highest BCUT2D eigenvalue weighted by Crippen LogP contribution is 2.26. The Bertz CT molecular complexity index is 1020. The quantitative estimate of drug-likeness (QED) is 0.654. The van der Waals surface area contributed by atoms with Crippen molar-refractivity contribution < 1.29 is 17.9 Å². The Morgan fingerprint density at radius 2 is 1.81 bits per heavy atom. The maximum Gasteiger partial charge on any atom is 0.241 e. The van der Waals surface area contributed by atoms with Crippen molar-refractivity contribution in [3.63, 3.8) is 0 Å². The molecule has 7 nitrogen and oxygen atoms in total. The number of nitrogens with one attached hydrogen (secondary N) is 2. The van der Waals surface area contributed by atoms with E-state index in [4.69, 9.17) is 16.3 Å². The maximum atomic E-state index is 12.8. The first-order valence-corrected chi connectivity index (χ1v) is 12.0. The summed E-state index contributed by atoms with van der Waals surface area (Å²) in [6, 6.07) is 11.2. The largest absolute Gasteiger partial charge is 0.495 e. The van der Waals surface area contributed by atoms with Gasteiger partial charge in [-0.25, -0.2) is 13.1 Å². The molecule has 1 atom stereocenters. The summed E-state index contributed by atoms with van der Waals surface area (Å²) in [5, 5.41) is 3.44. The van der Waals surface area contributed by atoms with Crippen LogP contribution in [0.5, 0.6) is 5.75 Å². The molecule has 3 rings (SSSR count). The number of piperidine rings is 1. The summed E-state index contributed by atoms with van der Waals surface area (Å²) in [5.41, 5.74) is 1.67. The van der Waals surface area contributed by atoms with E-state index < -0.39 is 10.0 Å². The van der Waals surface area contributed by atoms with Gasteiger partial charge in [0.2, 0.25) is 15.9 Å². The van der Waals surface area contributed by atoms with Gasteiger partial charge in [-0.15, -0.1) is 0 Å². The molecule has 9 heteroatoms. The molecule has 1 fully saturated rings. The molecule has 168 valence electrons. The topological polar surface area (TPSA) is 87.7 Å². The van der Waals surface area contributed by atoms with Gasteiger partial charge in [-0.3, -0.25) is 9.69 Å². The molecule has 31 heavy (non-hydrogen) atoms. The van der Waals surface area contributed by atoms with Gasteiger partial charge >= 0.3 is 0 Å². The van der Waals surface area contributed by atoms with E-state index in [0.717, 1.165) is 5.56 Å². The summed E-state index contributed by atoms with van der Waals surface area (Å²) < 4.78 is 33.3. The fourth-order valence-corrected chi connectivity index (χ4v) is 5.06. The Morgan fingerprint density at radius 1 is 1.16 bits per heavy atom. The van der Waals surface area contributed by atoms with Crippen LogP contribution in [0.2, 0.25) is 5.02 Å². The second-order valence-electron chi connectivity index (χ2n) is 7.75. The number of rotatable bonds is 7. The number of amides is 1. The number of hydrogen-bond acceptors (Lipinski definition) is 5. The predicted molar refractivity (Wildman–Crippen MR) is 122 cm³/mol. The second kappa shape index (κ2) is 9.99. The van der Waals surface area contributed by atoms with Crippen molar-refractivity contribution in [2.75, 3.05) is 25.5 Å². The Morgan fingerprint density at radius 3 is 2.42 bits per heavy atom. The molecule has 1 saturated heterocycles. The van der Waals surface area contributed by atoms with Crippen LogP contribution in [0.1, 0.15) is 25.3 Å². The summed E-state index contributed by atoms with van der Waals surface area (Å²) in [6.45, 7) is 5.05. The van der Waals surface area contributed by atoms with E-state index in [1.54, 1.807) is 19.2 Å². The van der Waals surface area contributed by atoms with Gasteiger partial charge in [0.1, 0.15) is 5.75 Å². The number of methoxy groups -OCH3 is 1. The van der Waals surface area contributed by atoms with Crippen LogP contribution >= 0.6 is 11.6 Å². The van der Waals surface area contributed by atoms with Crippen LogP contribution in [0.3, 0.4) is 0 Å². The normalized spacial score (nSPS) is 16.6. The van der Waals surface area contributed by atoms with Crippen LogP contribution in [0.15, 0.2) is 47.4 Å². The lowest BCUT2D eigenvalue weighted by Crippen LogP contribution is -2.50. The van der Waals surface area contributed by atoms with Crippen LogP contribution in [0.4, 0.5) is 5.69 Å². The lowest BCUT2D eigenvalue weighted by molar-refractivity contribution is -0.121. The number of sulfonamides is 1. The van der Waals surface area contributed by atoms with Crippen molar-refractivity contribution in [1.29, 1.82) is 0 Å². The number of anilines is 1. The molecule has 1 aliphatic rings. The molecule has 2 N–H and O–H groups in total. The first-order chi connectivity index (χ1) is 14.7. The van der Waals surface area contributed by atoms with Gasteiger partial charge in [-0.05, 0) is 68.7 Å². The highest BCUT2D eigenvalue weighted by Gasteiger charge is 2.29. The predicted octanol–water partition coefficient (Wildman–Crippen LogP) is 3.43. The SMILES string of the molecule is COc1ccc(C)cc1NC(=O)C(C)N1CCC(NS(=O)(=O)c2ccc(Cl)cc2)CC1. The molecular weight excluding hydrogens is 438 g/mol. The second-order valence-corrected chi connectivity index (χ2v) is 9.90.